The third-order valence-corrected chi connectivity index (χ3v) is 3.76. The lowest BCUT2D eigenvalue weighted by atomic mass is 10.0. The van der Waals surface area contributed by atoms with Gasteiger partial charge in [0, 0.05) is 32.2 Å². The Bertz CT molecular complexity index is 462. The van der Waals surface area contributed by atoms with Crippen LogP contribution in [0, 0.1) is 5.82 Å². The quantitative estimate of drug-likeness (QED) is 0.837. The Hall–Kier alpha value is -0.560. The minimum absolute atomic E-state index is 0. The summed E-state index contributed by atoms with van der Waals surface area (Å²) >= 11 is 5.85. The minimum atomic E-state index is -4.33. The van der Waals surface area contributed by atoms with Crippen molar-refractivity contribution in [3.63, 3.8) is 0 Å². The van der Waals surface area contributed by atoms with E-state index in [1.165, 1.54) is 12.1 Å². The van der Waals surface area contributed by atoms with E-state index in [0.29, 0.717) is 26.2 Å². The lowest BCUT2D eigenvalue weighted by Crippen LogP contribution is -2.46. The molecule has 1 saturated heterocycles. The first-order chi connectivity index (χ1) is 9.38. The lowest BCUT2D eigenvalue weighted by Gasteiger charge is -2.36. The molecule has 2 rings (SSSR count). The van der Waals surface area contributed by atoms with Gasteiger partial charge < -0.3 is 5.32 Å². The van der Waals surface area contributed by atoms with Crippen LogP contribution in [0.5, 0.6) is 0 Å². The van der Waals surface area contributed by atoms with Gasteiger partial charge in [-0.2, -0.15) is 13.2 Å². The van der Waals surface area contributed by atoms with Crippen LogP contribution in [0.15, 0.2) is 18.2 Å². The van der Waals surface area contributed by atoms with E-state index in [-0.39, 0.29) is 23.0 Å². The summed E-state index contributed by atoms with van der Waals surface area (Å²) in [6, 6.07) is 3.06. The van der Waals surface area contributed by atoms with Crippen molar-refractivity contribution in [2.45, 2.75) is 18.6 Å². The Balaban J connectivity index is 0.00000220. The second-order valence-electron chi connectivity index (χ2n) is 4.76. The zero-order valence-corrected chi connectivity index (χ0v) is 12.7. The number of alkyl halides is 3. The van der Waals surface area contributed by atoms with Gasteiger partial charge in [0.2, 0.25) is 0 Å². The molecule has 2 nitrogen and oxygen atoms in total. The van der Waals surface area contributed by atoms with Crippen molar-refractivity contribution in [1.29, 1.82) is 0 Å². The highest BCUT2D eigenvalue weighted by atomic mass is 35.5. The van der Waals surface area contributed by atoms with Gasteiger partial charge in [-0.25, -0.2) is 4.39 Å². The average Bonchev–Trinajstić information content (AvgIpc) is 2.40. The number of hydrogen-bond acceptors (Lipinski definition) is 2. The molecule has 120 valence electrons. The zero-order valence-electron chi connectivity index (χ0n) is 11.1. The van der Waals surface area contributed by atoms with Gasteiger partial charge in [-0.3, -0.25) is 4.90 Å². The molecule has 21 heavy (non-hydrogen) atoms. The molecule has 1 aromatic rings. The van der Waals surface area contributed by atoms with Gasteiger partial charge >= 0.3 is 6.18 Å². The molecule has 0 spiro atoms. The number of nitrogens with one attached hydrogen (secondary N) is 1. The molecule has 0 aliphatic carbocycles. The normalized spacial score (nSPS) is 18.1. The molecule has 1 aliphatic rings. The SMILES string of the molecule is Cl.Fc1cccc([C@H](CC(F)(F)F)N2CCNCC2)c1Cl. The topological polar surface area (TPSA) is 15.3 Å². The van der Waals surface area contributed by atoms with Gasteiger partial charge in [-0.1, -0.05) is 23.7 Å². The van der Waals surface area contributed by atoms with Crippen LogP contribution in [0.2, 0.25) is 5.02 Å². The first kappa shape index (κ1) is 18.5. The number of benzene rings is 1. The fourth-order valence-corrected chi connectivity index (χ4v) is 2.68. The van der Waals surface area contributed by atoms with Crippen molar-refractivity contribution in [2.24, 2.45) is 0 Å². The van der Waals surface area contributed by atoms with E-state index in [4.69, 9.17) is 11.6 Å². The van der Waals surface area contributed by atoms with Crippen LogP contribution in [0.25, 0.3) is 0 Å². The smallest absolute Gasteiger partial charge is 0.314 e. The van der Waals surface area contributed by atoms with Crippen molar-refractivity contribution < 1.29 is 17.6 Å². The minimum Gasteiger partial charge on any atom is -0.314 e. The fourth-order valence-electron chi connectivity index (χ4n) is 2.43. The molecule has 0 radical (unpaired) electrons. The molecular formula is C13H16Cl2F4N2. The van der Waals surface area contributed by atoms with Gasteiger partial charge in [-0.05, 0) is 11.6 Å². The summed E-state index contributed by atoms with van der Waals surface area (Å²) in [6.45, 7) is 2.18. The predicted molar refractivity (Wildman–Crippen MR) is 76.5 cm³/mol. The molecule has 0 amide bonds. The number of hydrogen-bond donors (Lipinski definition) is 1. The largest absolute Gasteiger partial charge is 0.390 e. The van der Waals surface area contributed by atoms with Crippen molar-refractivity contribution in [2.75, 3.05) is 26.2 Å². The van der Waals surface area contributed by atoms with E-state index in [2.05, 4.69) is 5.32 Å². The van der Waals surface area contributed by atoms with Gasteiger partial charge in [-0.15, -0.1) is 12.4 Å². The molecule has 0 bridgehead atoms. The van der Waals surface area contributed by atoms with E-state index in [1.54, 1.807) is 4.90 Å². The molecule has 0 saturated carbocycles. The number of nitrogens with zero attached hydrogens (tertiary/aromatic N) is 1. The molecule has 8 heteroatoms. The maximum absolute atomic E-state index is 13.5. The molecule has 1 fully saturated rings. The van der Waals surface area contributed by atoms with Crippen LogP contribution in [0.1, 0.15) is 18.0 Å². The number of piperazine rings is 1. The molecular weight excluding hydrogens is 331 g/mol. The van der Waals surface area contributed by atoms with Crippen molar-refractivity contribution >= 4 is 24.0 Å². The standard InChI is InChI=1S/C13H15ClF4N2.ClH/c14-12-9(2-1-3-10(12)15)11(8-13(16,17)18)20-6-4-19-5-7-20;/h1-3,11,19H,4-8H2;1H/t11-;/m0./s1. The third kappa shape index (κ3) is 4.98. The lowest BCUT2D eigenvalue weighted by molar-refractivity contribution is -0.148. The van der Waals surface area contributed by atoms with Crippen LogP contribution in [0.4, 0.5) is 17.6 Å². The third-order valence-electron chi connectivity index (χ3n) is 3.36. The Kier molecular flexibility index (Phi) is 6.71. The average molecular weight is 347 g/mol. The van der Waals surface area contributed by atoms with E-state index in [0.717, 1.165) is 6.07 Å². The molecule has 1 heterocycles. The fraction of sp³-hybridized carbons (Fsp3) is 0.538. The predicted octanol–water partition coefficient (Wildman–Crippen LogP) is 3.80. The molecule has 1 N–H and O–H groups in total. The number of halogens is 6. The van der Waals surface area contributed by atoms with Crippen molar-refractivity contribution in [1.82, 2.24) is 10.2 Å². The summed E-state index contributed by atoms with van der Waals surface area (Å²) in [5, 5.41) is 2.86. The second-order valence-corrected chi connectivity index (χ2v) is 5.14. The van der Waals surface area contributed by atoms with E-state index in [9.17, 15) is 17.6 Å². The Morgan fingerprint density at radius 1 is 1.24 bits per heavy atom. The summed E-state index contributed by atoms with van der Waals surface area (Å²) in [7, 11) is 0. The summed E-state index contributed by atoms with van der Waals surface area (Å²) in [4.78, 5) is 1.70. The van der Waals surface area contributed by atoms with Crippen molar-refractivity contribution in [3.05, 3.63) is 34.6 Å². The second kappa shape index (κ2) is 7.63. The van der Waals surface area contributed by atoms with Crippen LogP contribution >= 0.6 is 24.0 Å². The van der Waals surface area contributed by atoms with Crippen molar-refractivity contribution in [3.8, 4) is 0 Å². The first-order valence-electron chi connectivity index (χ1n) is 6.34. The summed E-state index contributed by atoms with van der Waals surface area (Å²) in [6.07, 6.45) is -5.36. The highest BCUT2D eigenvalue weighted by Gasteiger charge is 2.37. The molecule has 1 aromatic carbocycles. The van der Waals surface area contributed by atoms with Gasteiger partial charge in [0.15, 0.2) is 0 Å². The van der Waals surface area contributed by atoms with Crippen LogP contribution in [-0.4, -0.2) is 37.3 Å². The van der Waals surface area contributed by atoms with Crippen LogP contribution in [0.3, 0.4) is 0 Å². The monoisotopic (exact) mass is 346 g/mol. The summed E-state index contributed by atoms with van der Waals surface area (Å²) in [5.41, 5.74) is 0.200. The van der Waals surface area contributed by atoms with Gasteiger partial charge in [0.05, 0.1) is 11.4 Å². The summed E-state index contributed by atoms with van der Waals surface area (Å²) < 4.78 is 51.9. The Labute approximate surface area is 131 Å². The molecule has 1 aliphatic heterocycles. The molecule has 1 atom stereocenters. The summed E-state index contributed by atoms with van der Waals surface area (Å²) in [5.74, 6) is -0.688. The maximum atomic E-state index is 13.5. The highest BCUT2D eigenvalue weighted by Crippen LogP contribution is 2.37. The highest BCUT2D eigenvalue weighted by molar-refractivity contribution is 6.31. The van der Waals surface area contributed by atoms with Gasteiger partial charge in [0.25, 0.3) is 0 Å². The van der Waals surface area contributed by atoms with Crippen LogP contribution < -0.4 is 5.32 Å². The first-order valence-corrected chi connectivity index (χ1v) is 6.72. The Morgan fingerprint density at radius 2 is 1.86 bits per heavy atom. The van der Waals surface area contributed by atoms with E-state index < -0.39 is 24.5 Å². The van der Waals surface area contributed by atoms with E-state index in [1.807, 2.05) is 0 Å². The molecule has 0 unspecified atom stereocenters. The van der Waals surface area contributed by atoms with Gasteiger partial charge in [0.1, 0.15) is 5.82 Å². The maximum Gasteiger partial charge on any atom is 0.390 e. The number of rotatable bonds is 3. The Morgan fingerprint density at radius 3 is 2.43 bits per heavy atom. The zero-order chi connectivity index (χ0) is 14.8. The van der Waals surface area contributed by atoms with E-state index >= 15 is 0 Å². The molecule has 0 aromatic heterocycles. The van der Waals surface area contributed by atoms with Crippen LogP contribution in [-0.2, 0) is 0 Å².